The maximum Gasteiger partial charge on any atom is 0.225 e. The molecule has 0 rings (SSSR count). The first kappa shape index (κ1) is 18.4. The van der Waals surface area contributed by atoms with E-state index < -0.39 is 0 Å². The zero-order chi connectivity index (χ0) is 14.5. The van der Waals surface area contributed by atoms with E-state index in [0.717, 1.165) is 19.4 Å². The molecule has 0 aromatic carbocycles. The number of carbonyl (C=O) groups excluding carboxylic acids is 1. The van der Waals surface area contributed by atoms with Gasteiger partial charge in [0.05, 0.1) is 0 Å². The SMILES string of the molecule is CCCCCCCN(CCCO)C(=O)C(C)CCN. The summed E-state index contributed by atoms with van der Waals surface area (Å²) in [5.41, 5.74) is 5.51. The van der Waals surface area contributed by atoms with Gasteiger partial charge in [0.1, 0.15) is 0 Å². The number of aliphatic hydroxyl groups is 1. The molecular weight excluding hydrogens is 240 g/mol. The van der Waals surface area contributed by atoms with Gasteiger partial charge in [-0.1, -0.05) is 39.5 Å². The van der Waals surface area contributed by atoms with Crippen LogP contribution in [0.4, 0.5) is 0 Å². The molecule has 114 valence electrons. The number of carbonyl (C=O) groups is 1. The summed E-state index contributed by atoms with van der Waals surface area (Å²) in [4.78, 5) is 14.2. The third-order valence-corrected chi connectivity index (χ3v) is 3.45. The first-order valence-electron chi connectivity index (χ1n) is 7.77. The van der Waals surface area contributed by atoms with Gasteiger partial charge in [-0.3, -0.25) is 4.79 Å². The monoisotopic (exact) mass is 272 g/mol. The Morgan fingerprint density at radius 1 is 1.16 bits per heavy atom. The average molecular weight is 272 g/mol. The first-order chi connectivity index (χ1) is 9.17. The zero-order valence-corrected chi connectivity index (χ0v) is 12.7. The van der Waals surface area contributed by atoms with Crippen LogP contribution in [0.25, 0.3) is 0 Å². The van der Waals surface area contributed by atoms with E-state index in [4.69, 9.17) is 10.8 Å². The molecule has 19 heavy (non-hydrogen) atoms. The molecule has 0 spiro atoms. The largest absolute Gasteiger partial charge is 0.396 e. The lowest BCUT2D eigenvalue weighted by molar-refractivity contribution is -0.135. The molecule has 0 aliphatic carbocycles. The number of aliphatic hydroxyl groups excluding tert-OH is 1. The highest BCUT2D eigenvalue weighted by molar-refractivity contribution is 5.78. The van der Waals surface area contributed by atoms with Gasteiger partial charge in [-0.05, 0) is 25.8 Å². The molecule has 3 N–H and O–H groups in total. The van der Waals surface area contributed by atoms with Crippen LogP contribution in [0.3, 0.4) is 0 Å². The fraction of sp³-hybridized carbons (Fsp3) is 0.933. The van der Waals surface area contributed by atoms with E-state index in [0.29, 0.717) is 19.5 Å². The summed E-state index contributed by atoms with van der Waals surface area (Å²) >= 11 is 0. The van der Waals surface area contributed by atoms with Crippen molar-refractivity contribution in [2.24, 2.45) is 11.7 Å². The highest BCUT2D eigenvalue weighted by atomic mass is 16.3. The topological polar surface area (TPSA) is 66.6 Å². The molecule has 1 atom stereocenters. The standard InChI is InChI=1S/C15H32N2O2/c1-3-4-5-6-7-11-17(12-8-13-18)15(19)14(2)9-10-16/h14,18H,3-13,16H2,1-2H3. The lowest BCUT2D eigenvalue weighted by Gasteiger charge is -2.25. The van der Waals surface area contributed by atoms with Gasteiger partial charge in [-0.2, -0.15) is 0 Å². The minimum Gasteiger partial charge on any atom is -0.396 e. The summed E-state index contributed by atoms with van der Waals surface area (Å²) in [6.07, 6.45) is 7.40. The van der Waals surface area contributed by atoms with Crippen LogP contribution in [0.1, 0.15) is 58.8 Å². The lowest BCUT2D eigenvalue weighted by atomic mass is 10.1. The number of unbranched alkanes of at least 4 members (excludes halogenated alkanes) is 4. The second-order valence-electron chi connectivity index (χ2n) is 5.30. The quantitative estimate of drug-likeness (QED) is 0.535. The van der Waals surface area contributed by atoms with Crippen molar-refractivity contribution in [1.29, 1.82) is 0 Å². The molecule has 0 aromatic rings. The Morgan fingerprint density at radius 2 is 1.79 bits per heavy atom. The Kier molecular flexibility index (Phi) is 12.0. The van der Waals surface area contributed by atoms with Gasteiger partial charge in [0.25, 0.3) is 0 Å². The van der Waals surface area contributed by atoms with E-state index >= 15 is 0 Å². The second-order valence-corrected chi connectivity index (χ2v) is 5.30. The van der Waals surface area contributed by atoms with Crippen molar-refractivity contribution in [2.45, 2.75) is 58.8 Å². The van der Waals surface area contributed by atoms with Crippen molar-refractivity contribution in [2.75, 3.05) is 26.2 Å². The number of amides is 1. The normalized spacial score (nSPS) is 12.4. The van der Waals surface area contributed by atoms with Crippen LogP contribution in [0, 0.1) is 5.92 Å². The van der Waals surface area contributed by atoms with Crippen LogP contribution < -0.4 is 5.73 Å². The molecule has 1 amide bonds. The Labute approximate surface area is 118 Å². The van der Waals surface area contributed by atoms with Crippen molar-refractivity contribution in [3.63, 3.8) is 0 Å². The molecule has 0 radical (unpaired) electrons. The fourth-order valence-electron chi connectivity index (χ4n) is 2.19. The summed E-state index contributed by atoms with van der Waals surface area (Å²) in [5, 5.41) is 8.92. The van der Waals surface area contributed by atoms with Crippen LogP contribution in [-0.4, -0.2) is 42.2 Å². The van der Waals surface area contributed by atoms with Crippen LogP contribution in [0.5, 0.6) is 0 Å². The maximum atomic E-state index is 12.2. The fourth-order valence-corrected chi connectivity index (χ4v) is 2.19. The van der Waals surface area contributed by atoms with Crippen LogP contribution in [0.15, 0.2) is 0 Å². The summed E-state index contributed by atoms with van der Waals surface area (Å²) in [7, 11) is 0. The molecule has 0 aliphatic heterocycles. The first-order valence-corrected chi connectivity index (χ1v) is 7.77. The Balaban J connectivity index is 4.09. The molecular formula is C15H32N2O2. The number of rotatable bonds is 12. The van der Waals surface area contributed by atoms with E-state index in [-0.39, 0.29) is 18.4 Å². The van der Waals surface area contributed by atoms with E-state index in [9.17, 15) is 4.79 Å². The average Bonchev–Trinajstić information content (AvgIpc) is 2.41. The van der Waals surface area contributed by atoms with Gasteiger partial charge < -0.3 is 15.7 Å². The molecule has 0 saturated heterocycles. The van der Waals surface area contributed by atoms with Crippen molar-refractivity contribution < 1.29 is 9.90 Å². The van der Waals surface area contributed by atoms with Crippen LogP contribution >= 0.6 is 0 Å². The van der Waals surface area contributed by atoms with E-state index in [1.165, 1.54) is 25.7 Å². The third kappa shape index (κ3) is 9.00. The molecule has 4 nitrogen and oxygen atoms in total. The molecule has 0 saturated carbocycles. The van der Waals surface area contributed by atoms with Gasteiger partial charge >= 0.3 is 0 Å². The predicted molar refractivity (Wildman–Crippen MR) is 79.9 cm³/mol. The molecule has 4 heteroatoms. The molecule has 0 aliphatic rings. The molecule has 1 unspecified atom stereocenters. The lowest BCUT2D eigenvalue weighted by Crippen LogP contribution is -2.37. The molecule has 0 bridgehead atoms. The molecule has 0 aromatic heterocycles. The van der Waals surface area contributed by atoms with Crippen LogP contribution in [-0.2, 0) is 4.79 Å². The minimum absolute atomic E-state index is 0.000616. The summed E-state index contributed by atoms with van der Waals surface area (Å²) in [5.74, 6) is 0.189. The third-order valence-electron chi connectivity index (χ3n) is 3.45. The van der Waals surface area contributed by atoms with Crippen molar-refractivity contribution in [1.82, 2.24) is 4.90 Å². The van der Waals surface area contributed by atoms with E-state index in [1.807, 2.05) is 11.8 Å². The van der Waals surface area contributed by atoms with Crippen molar-refractivity contribution in [3.8, 4) is 0 Å². The number of nitrogens with zero attached hydrogens (tertiary/aromatic N) is 1. The highest BCUT2D eigenvalue weighted by Crippen LogP contribution is 2.10. The molecule has 0 fully saturated rings. The van der Waals surface area contributed by atoms with E-state index in [2.05, 4.69) is 6.92 Å². The van der Waals surface area contributed by atoms with Gasteiger partial charge in [-0.25, -0.2) is 0 Å². The van der Waals surface area contributed by atoms with Crippen LogP contribution in [0.2, 0.25) is 0 Å². The Hall–Kier alpha value is -0.610. The Morgan fingerprint density at radius 3 is 2.37 bits per heavy atom. The van der Waals surface area contributed by atoms with Gasteiger partial charge in [0.15, 0.2) is 0 Å². The maximum absolute atomic E-state index is 12.2. The van der Waals surface area contributed by atoms with Gasteiger partial charge in [0, 0.05) is 25.6 Å². The van der Waals surface area contributed by atoms with E-state index in [1.54, 1.807) is 0 Å². The predicted octanol–water partition coefficient (Wildman–Crippen LogP) is 2.15. The molecule has 0 heterocycles. The number of hydrogen-bond acceptors (Lipinski definition) is 3. The van der Waals surface area contributed by atoms with Crippen molar-refractivity contribution >= 4 is 5.91 Å². The number of hydrogen-bond donors (Lipinski definition) is 2. The van der Waals surface area contributed by atoms with Crippen molar-refractivity contribution in [3.05, 3.63) is 0 Å². The smallest absolute Gasteiger partial charge is 0.225 e. The summed E-state index contributed by atoms with van der Waals surface area (Å²) in [6, 6.07) is 0. The minimum atomic E-state index is -0.000616. The van der Waals surface area contributed by atoms with Gasteiger partial charge in [0.2, 0.25) is 5.91 Å². The second kappa shape index (κ2) is 12.4. The van der Waals surface area contributed by atoms with Gasteiger partial charge in [-0.15, -0.1) is 0 Å². The Bertz CT molecular complexity index is 222. The zero-order valence-electron chi connectivity index (χ0n) is 12.7. The highest BCUT2D eigenvalue weighted by Gasteiger charge is 2.18. The number of nitrogens with two attached hydrogens (primary N) is 1. The summed E-state index contributed by atoms with van der Waals surface area (Å²) in [6.45, 7) is 6.32. The summed E-state index contributed by atoms with van der Waals surface area (Å²) < 4.78 is 0.